The average molecular weight is 855 g/mol. The fourth-order valence-electron chi connectivity index (χ4n) is 5.84. The van der Waals surface area contributed by atoms with Gasteiger partial charge in [-0.3, -0.25) is 18.8 Å². The summed E-state index contributed by atoms with van der Waals surface area (Å²) in [5.41, 5.74) is 11.1. The van der Waals surface area contributed by atoms with E-state index in [4.69, 9.17) is 34.7 Å². The molecule has 31 heteroatoms. The third kappa shape index (κ3) is 9.18. The van der Waals surface area contributed by atoms with Gasteiger partial charge in [0.1, 0.15) is 48.0 Å². The van der Waals surface area contributed by atoms with Crippen molar-refractivity contribution in [3.63, 3.8) is 0 Å². The predicted octanol–water partition coefficient (Wildman–Crippen LogP) is -4.85. The number of nitrogens with two attached hydrogens (primary N) is 2. The quantitative estimate of drug-likeness (QED) is 0.0736. The van der Waals surface area contributed by atoms with Gasteiger partial charge in [-0.25, -0.2) is 17.8 Å². The first kappa shape index (κ1) is 42.6. The highest BCUT2D eigenvalue weighted by molar-refractivity contribution is 8.09. The monoisotopic (exact) mass is 854 g/mol. The van der Waals surface area contributed by atoms with E-state index in [1.165, 1.54) is 28.9 Å². The molecule has 0 saturated carbocycles. The van der Waals surface area contributed by atoms with Crippen molar-refractivity contribution in [2.24, 2.45) is 10.7 Å². The first-order valence-corrected chi connectivity index (χ1v) is 21.0. The van der Waals surface area contributed by atoms with E-state index in [9.17, 15) is 49.0 Å². The van der Waals surface area contributed by atoms with E-state index in [1.54, 1.807) is 14.1 Å². The Morgan fingerprint density at radius 2 is 1.57 bits per heavy atom. The molecule has 14 N–H and O–H groups in total. The van der Waals surface area contributed by atoms with Crippen molar-refractivity contribution in [1.29, 1.82) is 0 Å². The first-order valence-electron chi connectivity index (χ1n) is 15.5. The molecular formula is C23H41N10O17P3S. The largest absolute Gasteiger partial charge is 0.479 e. The maximum absolute atomic E-state index is 12.8. The van der Waals surface area contributed by atoms with Crippen LogP contribution in [0.25, 0.3) is 0 Å². The van der Waals surface area contributed by atoms with Crippen molar-refractivity contribution < 1.29 is 76.1 Å². The molecule has 4 aliphatic rings. The topological polar surface area (TPSA) is 384 Å². The molecule has 8 unspecified atom stereocenters. The lowest BCUT2D eigenvalue weighted by molar-refractivity contribution is -0.0817. The number of nitrogen functional groups attached to an aromatic ring is 1. The summed E-state index contributed by atoms with van der Waals surface area (Å²) in [5.74, 6) is -0.237. The van der Waals surface area contributed by atoms with Gasteiger partial charge in [0.25, 0.3) is 5.56 Å². The van der Waals surface area contributed by atoms with E-state index in [1.807, 2.05) is 0 Å². The first-order chi connectivity index (χ1) is 25.0. The van der Waals surface area contributed by atoms with Gasteiger partial charge in [0.05, 0.1) is 19.9 Å². The highest BCUT2D eigenvalue weighted by atomic mass is 32.5. The van der Waals surface area contributed by atoms with Crippen LogP contribution in [0.5, 0.6) is 0 Å². The zero-order valence-corrected chi connectivity index (χ0v) is 32.2. The number of nitrogens with zero attached hydrogens (tertiary/aromatic N) is 5. The molecule has 5 heterocycles. The molecule has 0 radical (unpaired) electrons. The van der Waals surface area contributed by atoms with Gasteiger partial charge in [0, 0.05) is 28.3 Å². The Morgan fingerprint density at radius 3 is 2.15 bits per heavy atom. The number of hydrogen-bond acceptors (Lipinski definition) is 24. The van der Waals surface area contributed by atoms with Crippen LogP contribution in [0.4, 0.5) is 17.5 Å². The minimum absolute atomic E-state index is 0.0374. The highest BCUT2D eigenvalue weighted by Crippen LogP contribution is 2.68. The highest BCUT2D eigenvalue weighted by Gasteiger charge is 2.51. The predicted molar refractivity (Wildman–Crippen MR) is 186 cm³/mol. The molecule has 2 saturated heterocycles. The third-order valence-corrected chi connectivity index (χ3v) is 13.7. The normalized spacial score (nSPS) is 32.9. The van der Waals surface area contributed by atoms with Crippen LogP contribution in [0, 0.1) is 0 Å². The molecular weight excluding hydrogens is 813 g/mol. The minimum Gasteiger partial charge on any atom is -0.387 e. The number of H-pyrrole nitrogens is 1. The molecule has 1 aromatic heterocycles. The van der Waals surface area contributed by atoms with Crippen molar-refractivity contribution in [3.8, 4) is 0 Å². The van der Waals surface area contributed by atoms with E-state index in [0.29, 0.717) is 0 Å². The molecule has 54 heavy (non-hydrogen) atoms. The van der Waals surface area contributed by atoms with Gasteiger partial charge in [-0.15, -0.1) is 0 Å². The molecule has 0 aliphatic carbocycles. The molecule has 0 aromatic carbocycles. The molecule has 0 amide bonds. The maximum Gasteiger partial charge on any atom is 0.479 e. The van der Waals surface area contributed by atoms with Gasteiger partial charge < -0.3 is 86.1 Å². The fraction of sp³-hybridized carbons (Fsp3) is 0.696. The molecule has 306 valence electrons. The molecule has 27 nitrogen and oxygen atoms in total. The second-order valence-corrected chi connectivity index (χ2v) is 18.2. The summed E-state index contributed by atoms with van der Waals surface area (Å²) >= 11 is 4.62. The van der Waals surface area contributed by atoms with Crippen LogP contribution in [0.3, 0.4) is 0 Å². The summed E-state index contributed by atoms with van der Waals surface area (Å²) in [6.07, 6.45) is -12.6. The number of hydrogen-bond donors (Lipinski definition) is 12. The summed E-state index contributed by atoms with van der Waals surface area (Å²) in [6.45, 7) is -7.03. The number of aliphatic hydroxyl groups is 4. The van der Waals surface area contributed by atoms with Gasteiger partial charge in [-0.1, -0.05) is 0 Å². The summed E-state index contributed by atoms with van der Waals surface area (Å²) in [4.78, 5) is 58.2. The Morgan fingerprint density at radius 1 is 0.981 bits per heavy atom. The number of aromatic nitrogens is 2. The van der Waals surface area contributed by atoms with Crippen molar-refractivity contribution in [2.45, 2.75) is 55.3 Å². The standard InChI is InChI=1S/C23H41N10O17P3S/c1-31(2)11-17(28-23(25)30-19(11)38)32(3)21-15(44-4)13(35)9(48-21)6-46-52(41,42)50-53(43,54)49-51(39,40)45-5-8-12(34)14(36)20(47-8)33-7-26-10-16(33)27-22(24)29-18(10)37/h8-9,12-15,18,20-21,26,34-37H,5-7H2,1-4H3,(H,39,40)(H,41,42)(H,43,54)(H3,24,27,29)(H3,25,28,30,38)/t8-,9-,12?,13?,14?,15?,18?,20-,21-,53?/m1/s1. The molecule has 1 aromatic rings. The smallest absolute Gasteiger partial charge is 0.387 e. The summed E-state index contributed by atoms with van der Waals surface area (Å²) < 4.78 is 60.8. The van der Waals surface area contributed by atoms with Gasteiger partial charge >= 0.3 is 22.4 Å². The van der Waals surface area contributed by atoms with E-state index >= 15 is 0 Å². The fourth-order valence-corrected chi connectivity index (χ4v) is 10.9. The van der Waals surface area contributed by atoms with Crippen LogP contribution >= 0.6 is 22.4 Å². The second-order valence-electron chi connectivity index (χ2n) is 12.2. The van der Waals surface area contributed by atoms with Gasteiger partial charge in [0.2, 0.25) is 5.95 Å². The summed E-state index contributed by atoms with van der Waals surface area (Å²) in [5, 5.41) is 47.5. The zero-order valence-electron chi connectivity index (χ0n) is 28.7. The number of phosphoric acid groups is 2. The van der Waals surface area contributed by atoms with Gasteiger partial charge in [-0.05, 0) is 11.8 Å². The number of aliphatic hydroxyl groups excluding tert-OH is 4. The Bertz CT molecular complexity index is 1840. The number of phosphoric ester groups is 2. The van der Waals surface area contributed by atoms with Crippen LogP contribution < -0.4 is 37.5 Å². The lowest BCUT2D eigenvalue weighted by Crippen LogP contribution is -2.46. The van der Waals surface area contributed by atoms with E-state index in [-0.39, 0.29) is 41.6 Å². The van der Waals surface area contributed by atoms with Crippen LogP contribution in [-0.2, 0) is 52.8 Å². The molecule has 4 aliphatic heterocycles. The van der Waals surface area contributed by atoms with Crippen LogP contribution in [-0.4, -0.2) is 159 Å². The molecule has 12 atom stereocenters. The minimum atomic E-state index is -5.45. The number of ether oxygens (including phenoxy) is 3. The Balaban J connectivity index is 1.16. The number of likely N-dealkylation sites (N-methyl/N-ethyl adjacent to an activating group) is 1. The number of methoxy groups -OCH3 is 1. The number of aliphatic imine (C=N–C) groups is 1. The number of anilines is 3. The number of rotatable bonds is 15. The lowest BCUT2D eigenvalue weighted by Gasteiger charge is -2.31. The maximum atomic E-state index is 12.8. The van der Waals surface area contributed by atoms with Crippen molar-refractivity contribution in [1.82, 2.24) is 25.5 Å². The Kier molecular flexibility index (Phi) is 12.7. The SMILES string of the molecule is COC1C(O)[C@@H](COP(=O)(O)OP(O)(=S)OP(=O)(O)OC[C@H]2O[C@@H](N3CNC4=C3N=C(N)NC4O)C(O)C2O)O[C@H]1N(C)c1nc(N)[nH]c(=O)c1N(C)C. The van der Waals surface area contributed by atoms with Crippen LogP contribution in [0.15, 0.2) is 21.3 Å². The van der Waals surface area contributed by atoms with Crippen molar-refractivity contribution >= 4 is 57.6 Å². The Labute approximate surface area is 310 Å². The number of nitrogens with one attached hydrogen (secondary N) is 3. The van der Waals surface area contributed by atoms with E-state index in [0.717, 1.165) is 0 Å². The summed E-state index contributed by atoms with van der Waals surface area (Å²) in [6, 6.07) is 0. The molecule has 5 rings (SSSR count). The number of aromatic amines is 1. The van der Waals surface area contributed by atoms with Crippen molar-refractivity contribution in [2.75, 3.05) is 63.7 Å². The second kappa shape index (κ2) is 16.1. The van der Waals surface area contributed by atoms with E-state index < -0.39 is 96.4 Å². The van der Waals surface area contributed by atoms with Crippen LogP contribution in [0.2, 0.25) is 0 Å². The molecule has 2 fully saturated rings. The van der Waals surface area contributed by atoms with Gasteiger partial charge in [-0.2, -0.15) is 9.98 Å². The van der Waals surface area contributed by atoms with Gasteiger partial charge in [0.15, 0.2) is 36.3 Å². The summed E-state index contributed by atoms with van der Waals surface area (Å²) in [7, 11) is -5.04. The zero-order chi connectivity index (χ0) is 40.1. The van der Waals surface area contributed by atoms with E-state index in [2.05, 4.69) is 46.0 Å². The lowest BCUT2D eigenvalue weighted by atomic mass is 10.1. The van der Waals surface area contributed by atoms with Crippen LogP contribution in [0.1, 0.15) is 0 Å². The van der Waals surface area contributed by atoms with Crippen molar-refractivity contribution in [3.05, 3.63) is 21.9 Å². The number of guanidine groups is 1. The Hall–Kier alpha value is -2.56. The molecule has 0 bridgehead atoms. The molecule has 0 spiro atoms. The average Bonchev–Trinajstić information content (AvgIpc) is 3.69. The third-order valence-electron chi connectivity index (χ3n) is 8.24.